The van der Waals surface area contributed by atoms with Crippen LogP contribution < -0.4 is 4.72 Å². The summed E-state index contributed by atoms with van der Waals surface area (Å²) in [6, 6.07) is -0.978. The Kier molecular flexibility index (Phi) is 5.62. The maximum Gasteiger partial charge on any atom is 0.304 e. The monoisotopic (exact) mass is 227 g/mol. The third-order valence-corrected chi connectivity index (χ3v) is 2.81. The first-order valence-electron chi connectivity index (χ1n) is 3.85. The number of hydrogen-bond donors (Lipinski definition) is 4. The van der Waals surface area contributed by atoms with Gasteiger partial charge in [0.25, 0.3) is 0 Å². The predicted octanol–water partition coefficient (Wildman–Crippen LogP) is -2.27. The van der Waals surface area contributed by atoms with E-state index in [4.69, 9.17) is 15.3 Å². The molecular weight excluding hydrogens is 214 g/mol. The molecular formula is C6H13NO6S. The van der Waals surface area contributed by atoms with Crippen molar-refractivity contribution in [2.75, 3.05) is 19.0 Å². The Balaban J connectivity index is 4.13. The molecule has 0 aliphatic heterocycles. The van der Waals surface area contributed by atoms with Crippen LogP contribution in [0.4, 0.5) is 0 Å². The number of hydrogen-bond acceptors (Lipinski definition) is 5. The van der Waals surface area contributed by atoms with Crippen LogP contribution in [0.25, 0.3) is 0 Å². The smallest absolute Gasteiger partial charge is 0.304 e. The largest absolute Gasteiger partial charge is 0.481 e. The van der Waals surface area contributed by atoms with Gasteiger partial charge in [-0.05, 0) is 0 Å². The van der Waals surface area contributed by atoms with Crippen molar-refractivity contribution in [1.82, 2.24) is 4.72 Å². The number of sulfonamides is 1. The average Bonchev–Trinajstić information content (AvgIpc) is 2.11. The number of rotatable bonds is 7. The molecule has 0 radical (unpaired) electrons. The highest BCUT2D eigenvalue weighted by atomic mass is 32.2. The molecule has 0 fully saturated rings. The SMILES string of the molecule is O=C(O)CCS(=O)(=O)NC(CO)CO. The summed E-state index contributed by atoms with van der Waals surface area (Å²) in [6.45, 7) is -1.08. The Morgan fingerprint density at radius 3 is 2.14 bits per heavy atom. The minimum atomic E-state index is -3.75. The van der Waals surface area contributed by atoms with Gasteiger partial charge in [0.1, 0.15) is 0 Å². The highest BCUT2D eigenvalue weighted by Crippen LogP contribution is 1.92. The summed E-state index contributed by atoms with van der Waals surface area (Å²) in [4.78, 5) is 10.1. The van der Waals surface area contributed by atoms with Crippen molar-refractivity contribution in [2.45, 2.75) is 12.5 Å². The third kappa shape index (κ3) is 5.86. The summed E-state index contributed by atoms with van der Waals surface area (Å²) in [7, 11) is -3.75. The van der Waals surface area contributed by atoms with E-state index < -0.39 is 47.4 Å². The summed E-state index contributed by atoms with van der Waals surface area (Å²) in [6.07, 6.45) is -0.515. The fraction of sp³-hybridized carbons (Fsp3) is 0.833. The van der Waals surface area contributed by atoms with Crippen LogP contribution in [0.15, 0.2) is 0 Å². The average molecular weight is 227 g/mol. The zero-order valence-corrected chi connectivity index (χ0v) is 8.20. The summed E-state index contributed by atoms with van der Waals surface area (Å²) in [5.41, 5.74) is 0. The van der Waals surface area contributed by atoms with Crippen molar-refractivity contribution < 1.29 is 28.5 Å². The molecule has 0 aliphatic carbocycles. The van der Waals surface area contributed by atoms with Gasteiger partial charge in [0.2, 0.25) is 10.0 Å². The number of carboxylic acid groups (broad SMARTS) is 1. The fourth-order valence-electron chi connectivity index (χ4n) is 0.667. The van der Waals surface area contributed by atoms with Crippen LogP contribution in [0.1, 0.15) is 6.42 Å². The first kappa shape index (κ1) is 13.3. The predicted molar refractivity (Wildman–Crippen MR) is 47.1 cm³/mol. The van der Waals surface area contributed by atoms with E-state index in [-0.39, 0.29) is 0 Å². The molecule has 84 valence electrons. The topological polar surface area (TPSA) is 124 Å². The molecule has 0 aromatic rings. The summed E-state index contributed by atoms with van der Waals surface area (Å²) in [5, 5.41) is 25.4. The van der Waals surface area contributed by atoms with E-state index in [2.05, 4.69) is 0 Å². The fourth-order valence-corrected chi connectivity index (χ4v) is 1.88. The number of aliphatic carboxylic acids is 1. The van der Waals surface area contributed by atoms with Crippen LogP contribution in [0.2, 0.25) is 0 Å². The molecule has 0 rings (SSSR count). The van der Waals surface area contributed by atoms with Crippen LogP contribution in [0.3, 0.4) is 0 Å². The molecule has 8 heteroatoms. The second kappa shape index (κ2) is 5.91. The lowest BCUT2D eigenvalue weighted by atomic mass is 10.4. The molecule has 0 bridgehead atoms. The Hall–Kier alpha value is -0.700. The Morgan fingerprint density at radius 2 is 1.79 bits per heavy atom. The Bertz CT molecular complexity index is 270. The van der Waals surface area contributed by atoms with Crippen molar-refractivity contribution in [2.24, 2.45) is 0 Å². The molecule has 0 saturated heterocycles. The molecule has 0 saturated carbocycles. The number of carboxylic acids is 1. The van der Waals surface area contributed by atoms with Gasteiger partial charge in [0, 0.05) is 0 Å². The maximum absolute atomic E-state index is 11.1. The lowest BCUT2D eigenvalue weighted by Crippen LogP contribution is -2.41. The number of aliphatic hydroxyl groups excluding tert-OH is 2. The van der Waals surface area contributed by atoms with Gasteiger partial charge in [-0.3, -0.25) is 4.79 Å². The Morgan fingerprint density at radius 1 is 1.29 bits per heavy atom. The van der Waals surface area contributed by atoms with E-state index in [0.717, 1.165) is 0 Å². The van der Waals surface area contributed by atoms with E-state index in [9.17, 15) is 13.2 Å². The third-order valence-electron chi connectivity index (χ3n) is 1.37. The van der Waals surface area contributed by atoms with Gasteiger partial charge >= 0.3 is 5.97 Å². The molecule has 0 aromatic carbocycles. The molecule has 0 amide bonds. The van der Waals surface area contributed by atoms with Crippen molar-refractivity contribution in [3.8, 4) is 0 Å². The first-order valence-corrected chi connectivity index (χ1v) is 5.50. The van der Waals surface area contributed by atoms with Gasteiger partial charge in [0.15, 0.2) is 0 Å². The van der Waals surface area contributed by atoms with Crippen molar-refractivity contribution >= 4 is 16.0 Å². The van der Waals surface area contributed by atoms with E-state index >= 15 is 0 Å². The summed E-state index contributed by atoms with van der Waals surface area (Å²) in [5.74, 6) is -1.79. The van der Waals surface area contributed by atoms with Crippen LogP contribution in [-0.2, 0) is 14.8 Å². The molecule has 0 aromatic heterocycles. The summed E-state index contributed by atoms with van der Waals surface area (Å²) < 4.78 is 24.1. The second-order valence-electron chi connectivity index (χ2n) is 2.64. The molecule has 0 aliphatic rings. The highest BCUT2D eigenvalue weighted by molar-refractivity contribution is 7.89. The molecule has 4 N–H and O–H groups in total. The van der Waals surface area contributed by atoms with Crippen LogP contribution in [0.5, 0.6) is 0 Å². The van der Waals surface area contributed by atoms with Gasteiger partial charge < -0.3 is 15.3 Å². The molecule has 7 nitrogen and oxygen atoms in total. The lowest BCUT2D eigenvalue weighted by molar-refractivity contribution is -0.136. The maximum atomic E-state index is 11.1. The van der Waals surface area contributed by atoms with Crippen LogP contribution in [0, 0.1) is 0 Å². The van der Waals surface area contributed by atoms with Gasteiger partial charge in [-0.2, -0.15) is 0 Å². The van der Waals surface area contributed by atoms with E-state index in [1.165, 1.54) is 0 Å². The van der Waals surface area contributed by atoms with E-state index in [1.54, 1.807) is 0 Å². The van der Waals surface area contributed by atoms with Gasteiger partial charge in [-0.1, -0.05) is 0 Å². The minimum Gasteiger partial charge on any atom is -0.481 e. The zero-order chi connectivity index (χ0) is 11.2. The quantitative estimate of drug-likeness (QED) is 0.389. The van der Waals surface area contributed by atoms with Crippen LogP contribution >= 0.6 is 0 Å². The second-order valence-corrected chi connectivity index (χ2v) is 4.52. The first-order chi connectivity index (χ1) is 6.41. The molecule has 0 atom stereocenters. The normalized spacial score (nSPS) is 11.9. The van der Waals surface area contributed by atoms with Crippen LogP contribution in [-0.4, -0.2) is 54.7 Å². The van der Waals surface area contributed by atoms with Crippen molar-refractivity contribution in [1.29, 1.82) is 0 Å². The molecule has 0 heterocycles. The molecule has 0 spiro atoms. The van der Waals surface area contributed by atoms with Crippen molar-refractivity contribution in [3.63, 3.8) is 0 Å². The zero-order valence-electron chi connectivity index (χ0n) is 7.38. The Labute approximate surface area is 81.4 Å². The van der Waals surface area contributed by atoms with Gasteiger partial charge in [0.05, 0.1) is 31.4 Å². The van der Waals surface area contributed by atoms with Gasteiger partial charge in [-0.25, -0.2) is 13.1 Å². The number of carbonyl (C=O) groups is 1. The standard InChI is InChI=1S/C6H13NO6S/c8-3-5(4-9)7-14(12,13)2-1-6(10)11/h5,7-9H,1-4H2,(H,10,11). The van der Waals surface area contributed by atoms with E-state index in [1.807, 2.05) is 4.72 Å². The van der Waals surface area contributed by atoms with E-state index in [0.29, 0.717) is 0 Å². The number of aliphatic hydroxyl groups is 2. The van der Waals surface area contributed by atoms with Crippen molar-refractivity contribution in [3.05, 3.63) is 0 Å². The lowest BCUT2D eigenvalue weighted by Gasteiger charge is -2.12. The number of nitrogens with one attached hydrogen (secondary N) is 1. The summed E-state index contributed by atoms with van der Waals surface area (Å²) >= 11 is 0. The highest BCUT2D eigenvalue weighted by Gasteiger charge is 2.17. The molecule has 14 heavy (non-hydrogen) atoms. The molecule has 0 unspecified atom stereocenters. The van der Waals surface area contributed by atoms with Gasteiger partial charge in [-0.15, -0.1) is 0 Å². The minimum absolute atomic E-state index is 0.515.